The Morgan fingerprint density at radius 2 is 1.58 bits per heavy atom. The highest BCUT2D eigenvalue weighted by atomic mass is 32.1. The van der Waals surface area contributed by atoms with Gasteiger partial charge < -0.3 is 20.7 Å². The van der Waals surface area contributed by atoms with Crippen molar-refractivity contribution in [1.82, 2.24) is 4.90 Å². The van der Waals surface area contributed by atoms with Crippen LogP contribution in [-0.4, -0.2) is 49.3 Å². The number of piperazine rings is 1. The molecule has 2 aromatic rings. The van der Waals surface area contributed by atoms with Gasteiger partial charge >= 0.3 is 0 Å². The Bertz CT molecular complexity index is 778. The Morgan fingerprint density at radius 3 is 2.32 bits per heavy atom. The SMILES string of the molecule is NC(=S)Nc1cccc(OCCCCCCCCN2CCN(c3ccccc3)CC2)c1. The number of hydrogen-bond acceptors (Lipinski definition) is 4. The van der Waals surface area contributed by atoms with Gasteiger partial charge in [0.1, 0.15) is 5.75 Å². The summed E-state index contributed by atoms with van der Waals surface area (Å²) in [5.74, 6) is 0.855. The second kappa shape index (κ2) is 13.2. The summed E-state index contributed by atoms with van der Waals surface area (Å²) in [4.78, 5) is 5.12. The second-order valence-corrected chi connectivity index (χ2v) is 8.59. The van der Waals surface area contributed by atoms with E-state index >= 15 is 0 Å². The van der Waals surface area contributed by atoms with Crippen LogP contribution in [0.5, 0.6) is 5.75 Å². The third-order valence-electron chi connectivity index (χ3n) is 5.73. The maximum absolute atomic E-state index is 5.84. The minimum Gasteiger partial charge on any atom is -0.494 e. The van der Waals surface area contributed by atoms with Gasteiger partial charge in [0.25, 0.3) is 0 Å². The molecule has 1 fully saturated rings. The third kappa shape index (κ3) is 8.75. The summed E-state index contributed by atoms with van der Waals surface area (Å²) in [7, 11) is 0. The number of rotatable bonds is 12. The summed E-state index contributed by atoms with van der Waals surface area (Å²) in [5, 5.41) is 3.20. The van der Waals surface area contributed by atoms with Crippen LogP contribution in [0.25, 0.3) is 0 Å². The topological polar surface area (TPSA) is 53.8 Å². The van der Waals surface area contributed by atoms with Gasteiger partial charge in [0.2, 0.25) is 0 Å². The van der Waals surface area contributed by atoms with Crippen LogP contribution in [0, 0.1) is 0 Å². The summed E-state index contributed by atoms with van der Waals surface area (Å²) < 4.78 is 5.84. The van der Waals surface area contributed by atoms with Gasteiger partial charge in [-0.2, -0.15) is 0 Å². The van der Waals surface area contributed by atoms with Crippen molar-refractivity contribution in [2.24, 2.45) is 5.73 Å². The first kappa shape index (κ1) is 23.4. The van der Waals surface area contributed by atoms with Gasteiger partial charge in [-0.1, -0.05) is 49.9 Å². The van der Waals surface area contributed by atoms with Crippen molar-refractivity contribution in [3.63, 3.8) is 0 Å². The lowest BCUT2D eigenvalue weighted by Gasteiger charge is -2.36. The molecule has 1 aliphatic rings. The predicted octanol–water partition coefficient (Wildman–Crippen LogP) is 4.88. The van der Waals surface area contributed by atoms with Crippen LogP contribution < -0.4 is 20.7 Å². The standard InChI is InChI=1S/C25H36N4OS/c26-25(31)27-22-11-10-14-24(21-22)30-20-9-4-2-1-3-8-15-28-16-18-29(19-17-28)23-12-6-5-7-13-23/h5-7,10-14,21H,1-4,8-9,15-20H2,(H3,26,27,31). The van der Waals surface area contributed by atoms with Gasteiger partial charge in [0.05, 0.1) is 6.61 Å². The molecule has 31 heavy (non-hydrogen) atoms. The first-order chi connectivity index (χ1) is 15.2. The molecular weight excluding hydrogens is 404 g/mol. The van der Waals surface area contributed by atoms with E-state index in [1.54, 1.807) is 0 Å². The van der Waals surface area contributed by atoms with E-state index in [0.717, 1.165) is 37.6 Å². The molecule has 0 amide bonds. The van der Waals surface area contributed by atoms with Crippen LogP contribution in [0.3, 0.4) is 0 Å². The molecule has 3 rings (SSSR count). The van der Waals surface area contributed by atoms with E-state index in [-0.39, 0.29) is 5.11 Å². The first-order valence-electron chi connectivity index (χ1n) is 11.5. The molecule has 5 nitrogen and oxygen atoms in total. The van der Waals surface area contributed by atoms with Crippen molar-refractivity contribution in [2.45, 2.75) is 38.5 Å². The Kier molecular flexibility index (Phi) is 9.93. The van der Waals surface area contributed by atoms with Crippen molar-refractivity contribution in [3.8, 4) is 5.75 Å². The van der Waals surface area contributed by atoms with Crippen LogP contribution in [-0.2, 0) is 0 Å². The minimum absolute atomic E-state index is 0.270. The van der Waals surface area contributed by atoms with Gasteiger partial charge in [0.15, 0.2) is 5.11 Å². The molecule has 1 aliphatic heterocycles. The van der Waals surface area contributed by atoms with Crippen molar-refractivity contribution in [1.29, 1.82) is 0 Å². The third-order valence-corrected chi connectivity index (χ3v) is 5.83. The summed E-state index contributed by atoms with van der Waals surface area (Å²) in [6.07, 6.45) is 7.55. The van der Waals surface area contributed by atoms with Crippen LogP contribution in [0.4, 0.5) is 11.4 Å². The fraction of sp³-hybridized carbons (Fsp3) is 0.480. The number of ether oxygens (including phenoxy) is 1. The second-order valence-electron chi connectivity index (χ2n) is 8.15. The molecule has 0 bridgehead atoms. The molecule has 0 aromatic heterocycles. The first-order valence-corrected chi connectivity index (χ1v) is 11.9. The average molecular weight is 441 g/mol. The average Bonchev–Trinajstić information content (AvgIpc) is 2.79. The van der Waals surface area contributed by atoms with E-state index in [4.69, 9.17) is 22.7 Å². The van der Waals surface area contributed by atoms with Crippen LogP contribution in [0.1, 0.15) is 38.5 Å². The van der Waals surface area contributed by atoms with E-state index in [0.29, 0.717) is 0 Å². The molecule has 168 valence electrons. The fourth-order valence-corrected chi connectivity index (χ4v) is 4.13. The number of nitrogens with zero attached hydrogens (tertiary/aromatic N) is 2. The largest absolute Gasteiger partial charge is 0.494 e. The van der Waals surface area contributed by atoms with Crippen molar-refractivity contribution in [3.05, 3.63) is 54.6 Å². The number of unbranched alkanes of at least 4 members (excludes halogenated alkanes) is 5. The highest BCUT2D eigenvalue weighted by Crippen LogP contribution is 2.18. The van der Waals surface area contributed by atoms with Crippen molar-refractivity contribution in [2.75, 3.05) is 49.5 Å². The highest BCUT2D eigenvalue weighted by Gasteiger charge is 2.16. The Balaban J connectivity index is 1.17. The predicted molar refractivity (Wildman–Crippen MR) is 135 cm³/mol. The summed E-state index contributed by atoms with van der Waals surface area (Å²) in [6.45, 7) is 6.63. The Morgan fingerprint density at radius 1 is 0.871 bits per heavy atom. The van der Waals surface area contributed by atoms with Crippen molar-refractivity contribution >= 4 is 28.7 Å². The maximum Gasteiger partial charge on any atom is 0.168 e. The molecule has 1 saturated heterocycles. The number of thiocarbonyl (C=S) groups is 1. The number of nitrogens with two attached hydrogens (primary N) is 1. The molecule has 0 aliphatic carbocycles. The zero-order chi connectivity index (χ0) is 21.7. The Hall–Kier alpha value is -2.31. The quantitative estimate of drug-likeness (QED) is 0.362. The van der Waals surface area contributed by atoms with Crippen molar-refractivity contribution < 1.29 is 4.74 Å². The highest BCUT2D eigenvalue weighted by molar-refractivity contribution is 7.80. The number of para-hydroxylation sites is 1. The lowest BCUT2D eigenvalue weighted by molar-refractivity contribution is 0.251. The summed E-state index contributed by atoms with van der Waals surface area (Å²) in [6, 6.07) is 18.5. The van der Waals surface area contributed by atoms with Crippen LogP contribution in [0.15, 0.2) is 54.6 Å². The van der Waals surface area contributed by atoms with E-state index in [2.05, 4.69) is 45.4 Å². The molecule has 2 aromatic carbocycles. The number of hydrogen-bond donors (Lipinski definition) is 2. The number of nitrogens with one attached hydrogen (secondary N) is 1. The molecule has 3 N–H and O–H groups in total. The molecule has 1 heterocycles. The molecule has 6 heteroatoms. The van der Waals surface area contributed by atoms with Crippen LogP contribution in [0.2, 0.25) is 0 Å². The molecule has 0 unspecified atom stereocenters. The summed E-state index contributed by atoms with van der Waals surface area (Å²) in [5.41, 5.74) is 7.73. The monoisotopic (exact) mass is 440 g/mol. The minimum atomic E-state index is 0.270. The van der Waals surface area contributed by atoms with Gasteiger partial charge in [-0.25, -0.2) is 0 Å². The van der Waals surface area contributed by atoms with E-state index in [1.165, 1.54) is 57.4 Å². The molecule has 0 saturated carbocycles. The number of anilines is 2. The molecular formula is C25H36N4OS. The summed E-state index contributed by atoms with van der Waals surface area (Å²) >= 11 is 4.87. The Labute approximate surface area is 192 Å². The van der Waals surface area contributed by atoms with E-state index < -0.39 is 0 Å². The smallest absolute Gasteiger partial charge is 0.168 e. The van der Waals surface area contributed by atoms with Crippen LogP contribution >= 0.6 is 12.2 Å². The zero-order valence-electron chi connectivity index (χ0n) is 18.5. The fourth-order valence-electron chi connectivity index (χ4n) is 4.01. The number of benzene rings is 2. The normalized spacial score (nSPS) is 14.4. The molecule has 0 atom stereocenters. The van der Waals surface area contributed by atoms with Gasteiger partial charge in [-0.05, 0) is 55.9 Å². The zero-order valence-corrected chi connectivity index (χ0v) is 19.3. The van der Waals surface area contributed by atoms with E-state index in [1.807, 2.05) is 24.3 Å². The van der Waals surface area contributed by atoms with Gasteiger partial charge in [-0.3, -0.25) is 4.90 Å². The van der Waals surface area contributed by atoms with E-state index in [9.17, 15) is 0 Å². The molecule has 0 spiro atoms. The molecule has 0 radical (unpaired) electrons. The lowest BCUT2D eigenvalue weighted by Crippen LogP contribution is -2.46. The maximum atomic E-state index is 5.84. The van der Waals surface area contributed by atoms with Gasteiger partial charge in [-0.15, -0.1) is 0 Å². The van der Waals surface area contributed by atoms with Gasteiger partial charge in [0, 0.05) is 43.6 Å². The lowest BCUT2D eigenvalue weighted by atomic mass is 10.1.